The van der Waals surface area contributed by atoms with Crippen molar-refractivity contribution < 1.29 is 4.79 Å². The number of pyridine rings is 1. The van der Waals surface area contributed by atoms with E-state index in [4.69, 9.17) is 0 Å². The summed E-state index contributed by atoms with van der Waals surface area (Å²) in [4.78, 5) is 18.1. The molecule has 0 aromatic carbocycles. The first kappa shape index (κ1) is 12.1. The molecule has 3 heteroatoms. The predicted molar refractivity (Wildman–Crippen MR) is 68.0 cm³/mol. The molecule has 1 aromatic rings. The number of likely N-dealkylation sites (tertiary alicyclic amines) is 1. The normalized spacial score (nSPS) is 16.8. The molecule has 0 spiro atoms. The van der Waals surface area contributed by atoms with Crippen molar-refractivity contribution in [3.05, 3.63) is 29.6 Å². The van der Waals surface area contributed by atoms with Crippen molar-refractivity contribution in [3.63, 3.8) is 0 Å². The van der Waals surface area contributed by atoms with E-state index in [9.17, 15) is 4.79 Å². The molecule has 0 aliphatic carbocycles. The van der Waals surface area contributed by atoms with E-state index < -0.39 is 0 Å². The van der Waals surface area contributed by atoms with Gasteiger partial charge in [-0.1, -0.05) is 33.8 Å². The molecule has 1 fully saturated rings. The summed E-state index contributed by atoms with van der Waals surface area (Å²) in [6.07, 6.45) is 1.82. The minimum atomic E-state index is 0.0589. The van der Waals surface area contributed by atoms with Gasteiger partial charge in [-0.2, -0.15) is 0 Å². The highest BCUT2D eigenvalue weighted by atomic mass is 16.2. The number of aromatic nitrogens is 1. The van der Waals surface area contributed by atoms with Gasteiger partial charge >= 0.3 is 0 Å². The molecule has 0 unspecified atom stereocenters. The van der Waals surface area contributed by atoms with Crippen molar-refractivity contribution in [2.45, 2.75) is 33.1 Å². The summed E-state index contributed by atoms with van der Waals surface area (Å²) < 4.78 is 0. The number of carbonyl (C=O) groups excluding carboxylic acids is 1. The molecule has 92 valence electrons. The lowest BCUT2D eigenvalue weighted by Crippen LogP contribution is -2.48. The number of carbonyl (C=O) groups is 1. The first-order valence-corrected chi connectivity index (χ1v) is 6.14. The van der Waals surface area contributed by atoms with E-state index in [0.29, 0.717) is 11.6 Å². The monoisotopic (exact) mass is 232 g/mol. The Hall–Kier alpha value is -1.38. The molecule has 1 aliphatic heterocycles. The highest BCUT2D eigenvalue weighted by Gasteiger charge is 2.28. The van der Waals surface area contributed by atoms with Crippen LogP contribution in [0.15, 0.2) is 18.3 Å². The third-order valence-corrected chi connectivity index (χ3v) is 3.20. The average Bonchev–Trinajstić information content (AvgIpc) is 2.23. The predicted octanol–water partition coefficient (Wildman–Crippen LogP) is 2.47. The Balaban J connectivity index is 2.10. The van der Waals surface area contributed by atoms with Crippen LogP contribution < -0.4 is 0 Å². The van der Waals surface area contributed by atoms with E-state index in [2.05, 4.69) is 32.7 Å². The molecule has 1 aromatic heterocycles. The molecule has 0 atom stereocenters. The zero-order valence-corrected chi connectivity index (χ0v) is 11.0. The van der Waals surface area contributed by atoms with Gasteiger partial charge in [0.25, 0.3) is 5.91 Å². The third kappa shape index (κ3) is 2.48. The summed E-state index contributed by atoms with van der Waals surface area (Å²) in [6, 6.07) is 3.84. The lowest BCUT2D eigenvalue weighted by molar-refractivity contribution is 0.0524. The quantitative estimate of drug-likeness (QED) is 0.745. The Kier molecular flexibility index (Phi) is 2.94. The highest BCUT2D eigenvalue weighted by molar-refractivity contribution is 5.92. The fraction of sp³-hybridized carbons (Fsp3) is 0.571. The Morgan fingerprint density at radius 3 is 2.41 bits per heavy atom. The van der Waals surface area contributed by atoms with E-state index >= 15 is 0 Å². The van der Waals surface area contributed by atoms with Crippen molar-refractivity contribution in [1.82, 2.24) is 9.88 Å². The average molecular weight is 232 g/mol. The molecular formula is C14H20N2O. The van der Waals surface area contributed by atoms with Crippen LogP contribution in [0.4, 0.5) is 0 Å². The standard InChI is InChI=1S/C14H20N2O/c1-10-8-16(9-10)13(17)12-6-5-11(7-15-12)14(2,3)4/h5-7,10H,8-9H2,1-4H3. The minimum absolute atomic E-state index is 0.0589. The van der Waals surface area contributed by atoms with Gasteiger partial charge in [0.05, 0.1) is 0 Å². The summed E-state index contributed by atoms with van der Waals surface area (Å²) in [7, 11) is 0. The second-order valence-electron chi connectivity index (χ2n) is 6.00. The zero-order chi connectivity index (χ0) is 12.6. The van der Waals surface area contributed by atoms with Gasteiger partial charge in [-0.05, 0) is 23.0 Å². The van der Waals surface area contributed by atoms with Crippen LogP contribution in [0, 0.1) is 5.92 Å². The Bertz CT molecular complexity index is 411. The van der Waals surface area contributed by atoms with E-state index in [1.165, 1.54) is 0 Å². The largest absolute Gasteiger partial charge is 0.337 e. The molecule has 1 saturated heterocycles. The summed E-state index contributed by atoms with van der Waals surface area (Å²) in [5.74, 6) is 0.691. The molecule has 3 nitrogen and oxygen atoms in total. The topological polar surface area (TPSA) is 33.2 Å². The van der Waals surface area contributed by atoms with Gasteiger partial charge in [-0.25, -0.2) is 0 Å². The van der Waals surface area contributed by atoms with Crippen molar-refractivity contribution in [3.8, 4) is 0 Å². The van der Waals surface area contributed by atoms with Gasteiger partial charge in [0.15, 0.2) is 0 Å². The molecule has 0 saturated carbocycles. The van der Waals surface area contributed by atoms with Gasteiger partial charge in [-0.3, -0.25) is 9.78 Å². The minimum Gasteiger partial charge on any atom is -0.337 e. The van der Waals surface area contributed by atoms with Crippen LogP contribution in [0.3, 0.4) is 0 Å². The van der Waals surface area contributed by atoms with Gasteiger partial charge in [0.1, 0.15) is 5.69 Å². The summed E-state index contributed by atoms with van der Waals surface area (Å²) >= 11 is 0. The number of hydrogen-bond donors (Lipinski definition) is 0. The van der Waals surface area contributed by atoms with Gasteiger partial charge in [-0.15, -0.1) is 0 Å². The van der Waals surface area contributed by atoms with Crippen LogP contribution in [0.2, 0.25) is 0 Å². The second-order valence-corrected chi connectivity index (χ2v) is 6.00. The maximum Gasteiger partial charge on any atom is 0.272 e. The van der Waals surface area contributed by atoms with Crippen LogP contribution >= 0.6 is 0 Å². The van der Waals surface area contributed by atoms with E-state index in [0.717, 1.165) is 18.7 Å². The maximum atomic E-state index is 12.0. The van der Waals surface area contributed by atoms with E-state index in [1.54, 1.807) is 0 Å². The Morgan fingerprint density at radius 1 is 1.35 bits per heavy atom. The lowest BCUT2D eigenvalue weighted by Gasteiger charge is -2.36. The molecule has 2 heterocycles. The molecule has 2 rings (SSSR count). The van der Waals surface area contributed by atoms with E-state index in [-0.39, 0.29) is 11.3 Å². The molecule has 0 bridgehead atoms. The molecule has 1 aliphatic rings. The zero-order valence-electron chi connectivity index (χ0n) is 11.0. The van der Waals surface area contributed by atoms with Crippen molar-refractivity contribution >= 4 is 5.91 Å². The van der Waals surface area contributed by atoms with Gasteiger partial charge < -0.3 is 4.90 Å². The third-order valence-electron chi connectivity index (χ3n) is 3.20. The van der Waals surface area contributed by atoms with Crippen molar-refractivity contribution in [2.24, 2.45) is 5.92 Å². The molecule has 17 heavy (non-hydrogen) atoms. The fourth-order valence-corrected chi connectivity index (χ4v) is 1.99. The molecule has 0 N–H and O–H groups in total. The second kappa shape index (κ2) is 4.13. The van der Waals surface area contributed by atoms with Crippen LogP contribution in [0.5, 0.6) is 0 Å². The molecular weight excluding hydrogens is 212 g/mol. The van der Waals surface area contributed by atoms with Crippen molar-refractivity contribution in [1.29, 1.82) is 0 Å². The number of rotatable bonds is 1. The summed E-state index contributed by atoms with van der Waals surface area (Å²) in [5, 5.41) is 0. The van der Waals surface area contributed by atoms with Gasteiger partial charge in [0, 0.05) is 19.3 Å². The van der Waals surface area contributed by atoms with Crippen LogP contribution in [-0.2, 0) is 5.41 Å². The number of hydrogen-bond acceptors (Lipinski definition) is 2. The summed E-state index contributed by atoms with van der Waals surface area (Å²) in [6.45, 7) is 10.3. The number of nitrogens with zero attached hydrogens (tertiary/aromatic N) is 2. The Labute approximate surface area is 103 Å². The maximum absolute atomic E-state index is 12.0. The van der Waals surface area contributed by atoms with Crippen molar-refractivity contribution in [2.75, 3.05) is 13.1 Å². The smallest absolute Gasteiger partial charge is 0.272 e. The van der Waals surface area contributed by atoms with Crippen LogP contribution in [0.25, 0.3) is 0 Å². The highest BCUT2D eigenvalue weighted by Crippen LogP contribution is 2.22. The Morgan fingerprint density at radius 2 is 2.00 bits per heavy atom. The number of amides is 1. The lowest BCUT2D eigenvalue weighted by atomic mass is 9.88. The SMILES string of the molecule is CC1CN(C(=O)c2ccc(C(C)(C)C)cn2)C1. The molecule has 0 radical (unpaired) electrons. The van der Waals surface area contributed by atoms with E-state index in [1.807, 2.05) is 23.2 Å². The van der Waals surface area contributed by atoms with Crippen LogP contribution in [-0.4, -0.2) is 28.9 Å². The first-order valence-electron chi connectivity index (χ1n) is 6.14. The van der Waals surface area contributed by atoms with Crippen LogP contribution in [0.1, 0.15) is 43.7 Å². The fourth-order valence-electron chi connectivity index (χ4n) is 1.99. The summed E-state index contributed by atoms with van der Waals surface area (Å²) in [5.41, 5.74) is 1.80. The molecule has 1 amide bonds. The first-order chi connectivity index (χ1) is 7.88. The van der Waals surface area contributed by atoms with Gasteiger partial charge in [0.2, 0.25) is 0 Å².